The first kappa shape index (κ1) is 22.4. The van der Waals surface area contributed by atoms with Crippen LogP contribution in [0.4, 0.5) is 0 Å². The summed E-state index contributed by atoms with van der Waals surface area (Å²) in [4.78, 5) is 28.8. The number of carbonyl (C=O) groups is 2. The Hall–Kier alpha value is -2.61. The minimum atomic E-state index is -0.816. The molecule has 0 saturated carbocycles. The van der Waals surface area contributed by atoms with Gasteiger partial charge in [0.15, 0.2) is 5.96 Å². The van der Waals surface area contributed by atoms with Gasteiger partial charge in [-0.3, -0.25) is 9.79 Å². The van der Waals surface area contributed by atoms with Crippen LogP contribution in [0.5, 0.6) is 0 Å². The third-order valence-electron chi connectivity index (χ3n) is 3.99. The molecule has 0 aliphatic heterocycles. The Morgan fingerprint density at radius 1 is 1.19 bits per heavy atom. The maximum absolute atomic E-state index is 12.5. The molecule has 1 rings (SSSR count). The van der Waals surface area contributed by atoms with Crippen molar-refractivity contribution >= 4 is 17.8 Å². The Morgan fingerprint density at radius 2 is 1.81 bits per heavy atom. The molecule has 1 aromatic carbocycles. The van der Waals surface area contributed by atoms with Crippen LogP contribution in [-0.2, 0) is 20.9 Å². The Kier molecular flexibility index (Phi) is 8.74. The number of amides is 1. The van der Waals surface area contributed by atoms with Crippen LogP contribution in [0.25, 0.3) is 0 Å². The van der Waals surface area contributed by atoms with E-state index in [-0.39, 0.29) is 12.6 Å². The van der Waals surface area contributed by atoms with Gasteiger partial charge in [-0.05, 0) is 23.8 Å². The average molecular weight is 377 g/mol. The third kappa shape index (κ3) is 8.54. The SMILES string of the molecule is CC(C)(C)[C@H](N)C(=O)N[C@@H](CCCN=C(N)N)C(=O)OCc1ccccc1. The highest BCUT2D eigenvalue weighted by Crippen LogP contribution is 2.17. The highest BCUT2D eigenvalue weighted by molar-refractivity contribution is 5.87. The van der Waals surface area contributed by atoms with Gasteiger partial charge in [0.2, 0.25) is 5.91 Å². The fourth-order valence-electron chi connectivity index (χ4n) is 2.24. The first-order valence-corrected chi connectivity index (χ1v) is 8.93. The van der Waals surface area contributed by atoms with E-state index in [1.54, 1.807) is 0 Å². The zero-order valence-electron chi connectivity index (χ0n) is 16.3. The summed E-state index contributed by atoms with van der Waals surface area (Å²) in [6.07, 6.45) is 0.848. The first-order valence-electron chi connectivity index (χ1n) is 8.93. The second-order valence-electron chi connectivity index (χ2n) is 7.45. The number of benzene rings is 1. The van der Waals surface area contributed by atoms with Crippen molar-refractivity contribution in [2.75, 3.05) is 6.54 Å². The number of guanidine groups is 1. The Labute approximate surface area is 160 Å². The number of aliphatic imine (C=N–C) groups is 1. The maximum Gasteiger partial charge on any atom is 0.328 e. The van der Waals surface area contributed by atoms with Crippen molar-refractivity contribution in [1.82, 2.24) is 5.32 Å². The van der Waals surface area contributed by atoms with Gasteiger partial charge in [-0.25, -0.2) is 4.79 Å². The monoisotopic (exact) mass is 377 g/mol. The van der Waals surface area contributed by atoms with Gasteiger partial charge in [0.05, 0.1) is 6.04 Å². The van der Waals surface area contributed by atoms with Crippen molar-refractivity contribution in [2.24, 2.45) is 27.6 Å². The summed E-state index contributed by atoms with van der Waals surface area (Å²) in [5.74, 6) is -0.930. The van der Waals surface area contributed by atoms with Crippen LogP contribution in [0, 0.1) is 5.41 Å². The molecule has 1 aromatic rings. The van der Waals surface area contributed by atoms with Gasteiger partial charge in [0, 0.05) is 6.54 Å². The maximum atomic E-state index is 12.5. The zero-order chi connectivity index (χ0) is 20.4. The van der Waals surface area contributed by atoms with Gasteiger partial charge < -0.3 is 27.3 Å². The normalized spacial score (nSPS) is 13.3. The molecule has 0 aliphatic rings. The van der Waals surface area contributed by atoms with Gasteiger partial charge in [0.25, 0.3) is 0 Å². The smallest absolute Gasteiger partial charge is 0.328 e. The van der Waals surface area contributed by atoms with Crippen LogP contribution in [0.15, 0.2) is 35.3 Å². The summed E-state index contributed by atoms with van der Waals surface area (Å²) in [6, 6.07) is 7.75. The van der Waals surface area contributed by atoms with Crippen molar-refractivity contribution in [1.29, 1.82) is 0 Å². The molecule has 0 aliphatic carbocycles. The number of rotatable bonds is 9. The largest absolute Gasteiger partial charge is 0.459 e. The van der Waals surface area contributed by atoms with E-state index in [1.807, 2.05) is 51.1 Å². The molecule has 0 aromatic heterocycles. The van der Waals surface area contributed by atoms with Crippen molar-refractivity contribution in [3.05, 3.63) is 35.9 Å². The molecular formula is C19H31N5O3. The highest BCUT2D eigenvalue weighted by atomic mass is 16.5. The molecule has 0 heterocycles. The lowest BCUT2D eigenvalue weighted by molar-refractivity contribution is -0.149. The molecule has 27 heavy (non-hydrogen) atoms. The van der Waals surface area contributed by atoms with E-state index in [1.165, 1.54) is 0 Å². The second-order valence-corrected chi connectivity index (χ2v) is 7.45. The van der Waals surface area contributed by atoms with Crippen LogP contribution in [-0.4, -0.2) is 36.5 Å². The summed E-state index contributed by atoms with van der Waals surface area (Å²) in [5, 5.41) is 2.70. The predicted molar refractivity (Wildman–Crippen MR) is 106 cm³/mol. The van der Waals surface area contributed by atoms with Gasteiger partial charge in [-0.15, -0.1) is 0 Å². The van der Waals surface area contributed by atoms with Crippen LogP contribution >= 0.6 is 0 Å². The minimum absolute atomic E-state index is 0.0167. The third-order valence-corrected chi connectivity index (χ3v) is 3.99. The quantitative estimate of drug-likeness (QED) is 0.215. The fourth-order valence-corrected chi connectivity index (χ4v) is 2.24. The van der Waals surface area contributed by atoms with E-state index in [0.717, 1.165) is 5.56 Å². The zero-order valence-corrected chi connectivity index (χ0v) is 16.3. The number of nitrogens with one attached hydrogen (secondary N) is 1. The van der Waals surface area contributed by atoms with E-state index in [2.05, 4.69) is 10.3 Å². The molecule has 150 valence electrons. The van der Waals surface area contributed by atoms with Gasteiger partial charge in [-0.2, -0.15) is 0 Å². The van der Waals surface area contributed by atoms with E-state index in [0.29, 0.717) is 19.4 Å². The number of esters is 1. The van der Waals surface area contributed by atoms with Crippen LogP contribution < -0.4 is 22.5 Å². The number of ether oxygens (including phenoxy) is 1. The molecule has 0 bridgehead atoms. The lowest BCUT2D eigenvalue weighted by Gasteiger charge is -2.27. The van der Waals surface area contributed by atoms with Crippen LogP contribution in [0.1, 0.15) is 39.2 Å². The lowest BCUT2D eigenvalue weighted by atomic mass is 9.86. The molecule has 7 N–H and O–H groups in total. The second kappa shape index (κ2) is 10.5. The van der Waals surface area contributed by atoms with Gasteiger partial charge in [0.1, 0.15) is 12.6 Å². The van der Waals surface area contributed by atoms with Gasteiger partial charge >= 0.3 is 5.97 Å². The summed E-state index contributed by atoms with van der Waals surface area (Å²) < 4.78 is 5.35. The molecule has 0 radical (unpaired) electrons. The summed E-state index contributed by atoms with van der Waals surface area (Å²) in [5.41, 5.74) is 17.0. The average Bonchev–Trinajstić information content (AvgIpc) is 2.61. The molecule has 8 nitrogen and oxygen atoms in total. The number of carbonyl (C=O) groups excluding carboxylic acids is 2. The van der Waals surface area contributed by atoms with E-state index < -0.39 is 29.4 Å². The fraction of sp³-hybridized carbons (Fsp3) is 0.526. The van der Waals surface area contributed by atoms with E-state index in [4.69, 9.17) is 21.9 Å². The highest BCUT2D eigenvalue weighted by Gasteiger charge is 2.31. The summed E-state index contributed by atoms with van der Waals surface area (Å²) in [7, 11) is 0. The Bertz CT molecular complexity index is 636. The minimum Gasteiger partial charge on any atom is -0.459 e. The van der Waals surface area contributed by atoms with Crippen LogP contribution in [0.3, 0.4) is 0 Å². The van der Waals surface area contributed by atoms with Crippen molar-refractivity contribution in [3.63, 3.8) is 0 Å². The molecule has 1 amide bonds. The molecule has 0 saturated heterocycles. The molecule has 0 spiro atoms. The molecule has 8 heteroatoms. The summed E-state index contributed by atoms with van der Waals surface area (Å²) >= 11 is 0. The predicted octanol–water partition coefficient (Wildman–Crippen LogP) is 0.642. The van der Waals surface area contributed by atoms with Gasteiger partial charge in [-0.1, -0.05) is 51.1 Å². The molecule has 2 atom stereocenters. The molecule has 0 fully saturated rings. The number of hydrogen-bond donors (Lipinski definition) is 4. The standard InChI is InChI=1S/C19H31N5O3/c1-19(2,3)15(20)16(25)24-14(10-7-11-23-18(21)22)17(26)27-12-13-8-5-4-6-9-13/h4-6,8-9,14-15H,7,10-12,20H2,1-3H3,(H,24,25)(H4,21,22,23)/t14-,15+/m0/s1. The number of nitrogens with two attached hydrogens (primary N) is 3. The Balaban J connectivity index is 2.72. The first-order chi connectivity index (χ1) is 12.6. The summed E-state index contributed by atoms with van der Waals surface area (Å²) in [6.45, 7) is 6.06. The van der Waals surface area contributed by atoms with Crippen molar-refractivity contribution in [2.45, 2.75) is 52.3 Å². The molecular weight excluding hydrogens is 346 g/mol. The van der Waals surface area contributed by atoms with Crippen molar-refractivity contribution < 1.29 is 14.3 Å². The van der Waals surface area contributed by atoms with E-state index >= 15 is 0 Å². The van der Waals surface area contributed by atoms with Crippen LogP contribution in [0.2, 0.25) is 0 Å². The Morgan fingerprint density at radius 3 is 2.37 bits per heavy atom. The number of nitrogens with zero attached hydrogens (tertiary/aromatic N) is 1. The molecule has 0 unspecified atom stereocenters. The van der Waals surface area contributed by atoms with Crippen molar-refractivity contribution in [3.8, 4) is 0 Å². The number of hydrogen-bond acceptors (Lipinski definition) is 5. The van der Waals surface area contributed by atoms with E-state index in [9.17, 15) is 9.59 Å². The topological polar surface area (TPSA) is 146 Å². The lowest BCUT2D eigenvalue weighted by Crippen LogP contribution is -2.53.